The van der Waals surface area contributed by atoms with Crippen molar-refractivity contribution in [2.75, 3.05) is 19.5 Å². The van der Waals surface area contributed by atoms with E-state index in [1.165, 1.54) is 30.7 Å². The highest BCUT2D eigenvalue weighted by molar-refractivity contribution is 8.00. The number of hydrogen-bond acceptors (Lipinski definition) is 8. The molecule has 0 aromatic rings. The average Bonchev–Trinajstić information content (AvgIpc) is 2.52. The maximum atomic E-state index is 12.6. The molecular formula is C16H24N2O6S. The van der Waals surface area contributed by atoms with Crippen molar-refractivity contribution in [3.8, 4) is 0 Å². The molecule has 1 fully saturated rings. The second-order valence-electron chi connectivity index (χ2n) is 6.95. The number of thioether (sulfide) groups is 1. The molecule has 1 unspecified atom stereocenters. The van der Waals surface area contributed by atoms with Crippen LogP contribution in [0.4, 0.5) is 0 Å². The number of carbonyl (C=O) groups is 3. The molecular weight excluding hydrogens is 348 g/mol. The third-order valence-corrected chi connectivity index (χ3v) is 5.12. The first-order valence-electron chi connectivity index (χ1n) is 7.91. The van der Waals surface area contributed by atoms with Crippen LogP contribution in [0.5, 0.6) is 0 Å². The number of methoxy groups -OCH3 is 1. The van der Waals surface area contributed by atoms with E-state index >= 15 is 0 Å². The number of fused-ring (bicyclic) bond motifs is 1. The van der Waals surface area contributed by atoms with Crippen LogP contribution in [-0.4, -0.2) is 59.9 Å². The molecule has 1 saturated heterocycles. The van der Waals surface area contributed by atoms with E-state index in [1.807, 2.05) is 0 Å². The number of hydrogen-bond donors (Lipinski definition) is 1. The van der Waals surface area contributed by atoms with Crippen molar-refractivity contribution in [3.63, 3.8) is 0 Å². The SMILES string of the molecule is COCC1=C(C(=O)O[C@@H](C)OC(=O)C(C)(C)C)N2C(=O)C(N)[C@@H]2SC1. The fourth-order valence-electron chi connectivity index (χ4n) is 2.41. The number of carbonyl (C=O) groups excluding carboxylic acids is 3. The molecule has 9 heteroatoms. The van der Waals surface area contributed by atoms with Gasteiger partial charge in [0.25, 0.3) is 0 Å². The third kappa shape index (κ3) is 3.99. The van der Waals surface area contributed by atoms with Crippen LogP contribution in [0.25, 0.3) is 0 Å². The molecule has 25 heavy (non-hydrogen) atoms. The van der Waals surface area contributed by atoms with Gasteiger partial charge in [0.05, 0.1) is 12.0 Å². The number of rotatable bonds is 5. The molecule has 0 radical (unpaired) electrons. The monoisotopic (exact) mass is 372 g/mol. The topological polar surface area (TPSA) is 108 Å². The van der Waals surface area contributed by atoms with E-state index in [0.717, 1.165) is 0 Å². The Hall–Kier alpha value is -1.58. The summed E-state index contributed by atoms with van der Waals surface area (Å²) in [5.74, 6) is -1.04. The van der Waals surface area contributed by atoms with E-state index in [2.05, 4.69) is 0 Å². The lowest BCUT2D eigenvalue weighted by atomic mass is 9.97. The molecule has 0 aliphatic carbocycles. The number of β-lactam (4-membered cyclic amide) rings is 1. The van der Waals surface area contributed by atoms with Crippen molar-refractivity contribution < 1.29 is 28.6 Å². The zero-order valence-corrected chi connectivity index (χ0v) is 15.8. The predicted molar refractivity (Wildman–Crippen MR) is 91.1 cm³/mol. The summed E-state index contributed by atoms with van der Waals surface area (Å²) in [6, 6.07) is -0.631. The van der Waals surface area contributed by atoms with Gasteiger partial charge in [-0.2, -0.15) is 0 Å². The first kappa shape index (κ1) is 19.7. The molecule has 2 rings (SSSR count). The van der Waals surface area contributed by atoms with Gasteiger partial charge in [-0.3, -0.25) is 14.5 Å². The van der Waals surface area contributed by atoms with Gasteiger partial charge in [-0.05, 0) is 26.3 Å². The molecule has 0 aromatic heterocycles. The molecule has 0 bridgehead atoms. The molecule has 0 spiro atoms. The van der Waals surface area contributed by atoms with Gasteiger partial charge in [-0.1, -0.05) is 0 Å². The van der Waals surface area contributed by atoms with Gasteiger partial charge in [-0.25, -0.2) is 4.79 Å². The van der Waals surface area contributed by atoms with Gasteiger partial charge in [-0.15, -0.1) is 11.8 Å². The molecule has 2 aliphatic heterocycles. The minimum atomic E-state index is -1.08. The molecule has 2 aliphatic rings. The molecule has 0 aromatic carbocycles. The van der Waals surface area contributed by atoms with Gasteiger partial charge in [0.1, 0.15) is 17.1 Å². The molecule has 2 heterocycles. The van der Waals surface area contributed by atoms with Gasteiger partial charge in [0, 0.05) is 19.8 Å². The van der Waals surface area contributed by atoms with Crippen molar-refractivity contribution in [3.05, 3.63) is 11.3 Å². The second kappa shape index (κ2) is 7.35. The van der Waals surface area contributed by atoms with E-state index in [9.17, 15) is 14.4 Å². The van der Waals surface area contributed by atoms with E-state index in [4.69, 9.17) is 19.9 Å². The van der Waals surface area contributed by atoms with Gasteiger partial charge in [0.2, 0.25) is 12.2 Å². The fraction of sp³-hybridized carbons (Fsp3) is 0.688. The maximum absolute atomic E-state index is 12.6. The van der Waals surface area contributed by atoms with Crippen LogP contribution in [0, 0.1) is 5.41 Å². The summed E-state index contributed by atoms with van der Waals surface area (Å²) < 4.78 is 15.5. The smallest absolute Gasteiger partial charge is 0.358 e. The van der Waals surface area contributed by atoms with Crippen LogP contribution < -0.4 is 5.73 Å². The summed E-state index contributed by atoms with van der Waals surface area (Å²) >= 11 is 1.48. The van der Waals surface area contributed by atoms with Gasteiger partial charge >= 0.3 is 11.9 Å². The van der Waals surface area contributed by atoms with Crippen molar-refractivity contribution in [1.82, 2.24) is 4.90 Å². The number of amides is 1. The molecule has 2 N–H and O–H groups in total. The Balaban J connectivity index is 2.14. The lowest BCUT2D eigenvalue weighted by Crippen LogP contribution is -2.68. The van der Waals surface area contributed by atoms with Crippen molar-refractivity contribution in [2.24, 2.45) is 11.1 Å². The minimum Gasteiger partial charge on any atom is -0.425 e. The Labute approximate surface area is 151 Å². The lowest BCUT2D eigenvalue weighted by Gasteiger charge is -2.48. The van der Waals surface area contributed by atoms with Crippen LogP contribution in [0.1, 0.15) is 27.7 Å². The van der Waals surface area contributed by atoms with Crippen LogP contribution >= 0.6 is 11.8 Å². The quantitative estimate of drug-likeness (QED) is 0.425. The summed E-state index contributed by atoms with van der Waals surface area (Å²) in [6.45, 7) is 6.75. The number of nitrogens with zero attached hydrogens (tertiary/aromatic N) is 1. The maximum Gasteiger partial charge on any atom is 0.358 e. The summed E-state index contributed by atoms with van der Waals surface area (Å²) in [7, 11) is 1.50. The highest BCUT2D eigenvalue weighted by Gasteiger charge is 2.52. The number of ether oxygens (including phenoxy) is 3. The van der Waals surface area contributed by atoms with E-state index in [-0.39, 0.29) is 23.6 Å². The Morgan fingerprint density at radius 3 is 2.56 bits per heavy atom. The van der Waals surface area contributed by atoms with E-state index in [1.54, 1.807) is 20.8 Å². The van der Waals surface area contributed by atoms with Gasteiger partial charge in [0.15, 0.2) is 0 Å². The first-order valence-corrected chi connectivity index (χ1v) is 8.96. The summed E-state index contributed by atoms with van der Waals surface area (Å²) in [5.41, 5.74) is 5.85. The van der Waals surface area contributed by atoms with Crippen LogP contribution in [0.2, 0.25) is 0 Å². The molecule has 1 amide bonds. The summed E-state index contributed by atoms with van der Waals surface area (Å²) in [4.78, 5) is 37.9. The normalized spacial score (nSPS) is 24.4. The van der Waals surface area contributed by atoms with Crippen molar-refractivity contribution >= 4 is 29.6 Å². The first-order chi connectivity index (χ1) is 11.6. The minimum absolute atomic E-state index is 0.135. The summed E-state index contributed by atoms with van der Waals surface area (Å²) in [6.07, 6.45) is -1.08. The Morgan fingerprint density at radius 1 is 1.36 bits per heavy atom. The van der Waals surface area contributed by atoms with Crippen LogP contribution in [0.3, 0.4) is 0 Å². The Kier molecular flexibility index (Phi) is 5.80. The zero-order chi connectivity index (χ0) is 18.9. The Bertz CT molecular complexity index is 612. The highest BCUT2D eigenvalue weighted by Crippen LogP contribution is 2.39. The van der Waals surface area contributed by atoms with Gasteiger partial charge < -0.3 is 19.9 Å². The van der Waals surface area contributed by atoms with Crippen molar-refractivity contribution in [2.45, 2.75) is 45.4 Å². The molecule has 140 valence electrons. The number of esters is 2. The zero-order valence-electron chi connectivity index (χ0n) is 15.0. The molecule has 3 atom stereocenters. The van der Waals surface area contributed by atoms with Crippen molar-refractivity contribution in [1.29, 1.82) is 0 Å². The fourth-order valence-corrected chi connectivity index (χ4v) is 3.69. The Morgan fingerprint density at radius 2 is 2.00 bits per heavy atom. The highest BCUT2D eigenvalue weighted by atomic mass is 32.2. The van der Waals surface area contributed by atoms with E-state index in [0.29, 0.717) is 11.3 Å². The second-order valence-corrected chi connectivity index (χ2v) is 8.05. The average molecular weight is 372 g/mol. The third-order valence-electron chi connectivity index (χ3n) is 3.76. The predicted octanol–water partition coefficient (Wildman–Crippen LogP) is 0.608. The number of nitrogens with two attached hydrogens (primary N) is 1. The largest absolute Gasteiger partial charge is 0.425 e. The lowest BCUT2D eigenvalue weighted by molar-refractivity contribution is -0.190. The molecule has 8 nitrogen and oxygen atoms in total. The molecule has 0 saturated carbocycles. The van der Waals surface area contributed by atoms with Crippen LogP contribution in [0.15, 0.2) is 11.3 Å². The van der Waals surface area contributed by atoms with Crippen LogP contribution in [-0.2, 0) is 28.6 Å². The summed E-state index contributed by atoms with van der Waals surface area (Å²) in [5, 5.41) is -0.289. The van der Waals surface area contributed by atoms with E-state index < -0.39 is 29.7 Å². The standard InChI is InChI=1S/C16H24N2O6S/c1-8(24-15(21)16(2,3)4)23-14(20)11-9(6-22-5)7-25-13-10(17)12(19)18(11)13/h8,10,13H,6-7,17H2,1-5H3/t8-,10?,13+/m1/s1.